The molecule has 42 heavy (non-hydrogen) atoms. The summed E-state index contributed by atoms with van der Waals surface area (Å²) in [4.78, 5) is 28.5. The Labute approximate surface area is 247 Å². The molecule has 9 heteroatoms. The zero-order valence-corrected chi connectivity index (χ0v) is 24.3. The molecule has 1 saturated heterocycles. The summed E-state index contributed by atoms with van der Waals surface area (Å²) in [5.41, 5.74) is 3.90. The molecule has 1 atom stereocenters. The van der Waals surface area contributed by atoms with Crippen LogP contribution in [-0.4, -0.2) is 64.4 Å². The molecule has 0 aliphatic carbocycles. The molecule has 9 nitrogen and oxygen atoms in total. The van der Waals surface area contributed by atoms with Crippen LogP contribution in [0.1, 0.15) is 30.9 Å². The lowest BCUT2D eigenvalue weighted by Crippen LogP contribution is -2.57. The summed E-state index contributed by atoms with van der Waals surface area (Å²) in [5.74, 6) is 2.36. The number of para-hydroxylation sites is 1. The normalized spacial score (nSPS) is 16.6. The standard InChI is InChI=1S/C33H39N3O6/c1-24(37)35-16-5-8-25-19-30(14-15-31(25)35)42-23-28-20-34-21-33(38)36(28)27-10-12-29(13-11-27)41-18-6-17-40-22-26-7-3-4-9-32(26)39-2/h3-4,7,9-15,19,28,34H,5-6,8,16-18,20-23H2,1-2H3/t28-/m1/s1. The SMILES string of the molecule is COc1ccccc1COCCCOc1ccc(N2C(=O)CNC[C@@H]2COc2ccc3c(c2)CCCN3C(C)=O)cc1. The first-order chi connectivity index (χ1) is 20.5. The van der Waals surface area contributed by atoms with E-state index in [-0.39, 0.29) is 24.4 Å². The van der Waals surface area contributed by atoms with Crippen LogP contribution in [-0.2, 0) is 27.4 Å². The molecule has 0 unspecified atom stereocenters. The second-order valence-electron chi connectivity index (χ2n) is 10.5. The van der Waals surface area contributed by atoms with Gasteiger partial charge in [-0.1, -0.05) is 18.2 Å². The van der Waals surface area contributed by atoms with Gasteiger partial charge in [0.15, 0.2) is 0 Å². The number of nitrogens with zero attached hydrogens (tertiary/aromatic N) is 2. The Morgan fingerprint density at radius 3 is 2.62 bits per heavy atom. The molecule has 0 saturated carbocycles. The van der Waals surface area contributed by atoms with Crippen LogP contribution in [0, 0.1) is 0 Å². The number of benzene rings is 3. The fourth-order valence-electron chi connectivity index (χ4n) is 5.46. The van der Waals surface area contributed by atoms with Gasteiger partial charge in [0.2, 0.25) is 11.8 Å². The Hall–Kier alpha value is -4.08. The van der Waals surface area contributed by atoms with Crippen LogP contribution < -0.4 is 29.3 Å². The van der Waals surface area contributed by atoms with Crippen LogP contribution in [0.2, 0.25) is 0 Å². The molecule has 222 valence electrons. The fourth-order valence-corrected chi connectivity index (χ4v) is 5.46. The van der Waals surface area contributed by atoms with Crippen molar-refractivity contribution in [1.82, 2.24) is 5.32 Å². The Bertz CT molecular complexity index is 1360. The number of piperazine rings is 1. The topological polar surface area (TPSA) is 89.6 Å². The predicted molar refractivity (Wildman–Crippen MR) is 162 cm³/mol. The van der Waals surface area contributed by atoms with E-state index < -0.39 is 0 Å². The summed E-state index contributed by atoms with van der Waals surface area (Å²) in [6, 6.07) is 21.2. The fraction of sp³-hybridized carbons (Fsp3) is 0.394. The number of ether oxygens (including phenoxy) is 4. The highest BCUT2D eigenvalue weighted by Gasteiger charge is 2.30. The van der Waals surface area contributed by atoms with Crippen LogP contribution in [0.25, 0.3) is 0 Å². The number of amides is 2. The average molecular weight is 574 g/mol. The highest BCUT2D eigenvalue weighted by Crippen LogP contribution is 2.31. The van der Waals surface area contributed by atoms with E-state index in [0.29, 0.717) is 33.0 Å². The smallest absolute Gasteiger partial charge is 0.241 e. The van der Waals surface area contributed by atoms with E-state index in [4.69, 9.17) is 18.9 Å². The lowest BCUT2D eigenvalue weighted by molar-refractivity contribution is -0.119. The van der Waals surface area contributed by atoms with Crippen LogP contribution in [0.15, 0.2) is 66.7 Å². The van der Waals surface area contributed by atoms with Gasteiger partial charge in [0.1, 0.15) is 23.9 Å². The lowest BCUT2D eigenvalue weighted by Gasteiger charge is -2.36. The average Bonchev–Trinajstić information content (AvgIpc) is 3.01. The van der Waals surface area contributed by atoms with Crippen molar-refractivity contribution in [3.05, 3.63) is 77.9 Å². The first kappa shape index (κ1) is 29.4. The third kappa shape index (κ3) is 7.21. The molecule has 0 spiro atoms. The van der Waals surface area contributed by atoms with Gasteiger partial charge in [-0.2, -0.15) is 0 Å². The monoisotopic (exact) mass is 573 g/mol. The van der Waals surface area contributed by atoms with Crippen molar-refractivity contribution in [2.75, 3.05) is 56.4 Å². The van der Waals surface area contributed by atoms with Gasteiger partial charge in [-0.25, -0.2) is 0 Å². The maximum Gasteiger partial charge on any atom is 0.241 e. The number of methoxy groups -OCH3 is 1. The van der Waals surface area contributed by atoms with Crippen molar-refractivity contribution in [2.45, 2.75) is 38.8 Å². The van der Waals surface area contributed by atoms with Crippen LogP contribution in [0.5, 0.6) is 17.2 Å². The number of anilines is 2. The molecular formula is C33H39N3O6. The van der Waals surface area contributed by atoms with E-state index in [9.17, 15) is 9.59 Å². The van der Waals surface area contributed by atoms with Crippen molar-refractivity contribution in [2.24, 2.45) is 0 Å². The van der Waals surface area contributed by atoms with Crippen molar-refractivity contribution >= 4 is 23.2 Å². The maximum absolute atomic E-state index is 12.9. The zero-order valence-electron chi connectivity index (χ0n) is 24.3. The van der Waals surface area contributed by atoms with Gasteiger partial charge in [-0.3, -0.25) is 9.59 Å². The highest BCUT2D eigenvalue weighted by atomic mass is 16.5. The van der Waals surface area contributed by atoms with Gasteiger partial charge in [0, 0.05) is 43.4 Å². The second kappa shape index (κ2) is 14.2. The van der Waals surface area contributed by atoms with Gasteiger partial charge in [0.05, 0.1) is 39.5 Å². The van der Waals surface area contributed by atoms with E-state index >= 15 is 0 Å². The molecule has 3 aromatic rings. The van der Waals surface area contributed by atoms with E-state index in [1.54, 1.807) is 14.0 Å². The van der Waals surface area contributed by atoms with Crippen molar-refractivity contribution in [1.29, 1.82) is 0 Å². The number of fused-ring (bicyclic) bond motifs is 1. The summed E-state index contributed by atoms with van der Waals surface area (Å²) in [6.07, 6.45) is 2.60. The summed E-state index contributed by atoms with van der Waals surface area (Å²) < 4.78 is 23.2. The molecule has 1 N–H and O–H groups in total. The zero-order chi connectivity index (χ0) is 29.3. The minimum atomic E-state index is -0.164. The highest BCUT2D eigenvalue weighted by molar-refractivity contribution is 5.96. The first-order valence-corrected chi connectivity index (χ1v) is 14.5. The van der Waals surface area contributed by atoms with Gasteiger partial charge in [-0.15, -0.1) is 0 Å². The lowest BCUT2D eigenvalue weighted by atomic mass is 10.0. The number of carbonyl (C=O) groups excluding carboxylic acids is 2. The third-order valence-electron chi connectivity index (χ3n) is 7.55. The molecule has 1 fully saturated rings. The van der Waals surface area contributed by atoms with E-state index in [0.717, 1.165) is 65.6 Å². The quantitative estimate of drug-likeness (QED) is 0.322. The number of rotatable bonds is 12. The molecule has 0 radical (unpaired) electrons. The number of nitrogens with one attached hydrogen (secondary N) is 1. The van der Waals surface area contributed by atoms with Gasteiger partial charge in [-0.05, 0) is 66.9 Å². The summed E-state index contributed by atoms with van der Waals surface area (Å²) in [7, 11) is 1.66. The van der Waals surface area contributed by atoms with E-state index in [1.807, 2.05) is 76.5 Å². The summed E-state index contributed by atoms with van der Waals surface area (Å²) in [6.45, 7) is 5.20. The van der Waals surface area contributed by atoms with Gasteiger partial charge in [0.25, 0.3) is 0 Å². The molecule has 2 amide bonds. The molecular weight excluding hydrogens is 534 g/mol. The Morgan fingerprint density at radius 2 is 1.81 bits per heavy atom. The molecule has 5 rings (SSSR count). The van der Waals surface area contributed by atoms with Crippen LogP contribution in [0.4, 0.5) is 11.4 Å². The van der Waals surface area contributed by atoms with Crippen molar-refractivity contribution in [3.8, 4) is 17.2 Å². The van der Waals surface area contributed by atoms with Crippen LogP contribution in [0.3, 0.4) is 0 Å². The van der Waals surface area contributed by atoms with Gasteiger partial charge >= 0.3 is 0 Å². The number of hydrogen-bond donors (Lipinski definition) is 1. The molecule has 0 bridgehead atoms. The summed E-state index contributed by atoms with van der Waals surface area (Å²) >= 11 is 0. The molecule has 2 aliphatic heterocycles. The van der Waals surface area contributed by atoms with Crippen molar-refractivity contribution < 1.29 is 28.5 Å². The number of aryl methyl sites for hydroxylation is 1. The molecule has 3 aromatic carbocycles. The Morgan fingerprint density at radius 1 is 1.00 bits per heavy atom. The number of carbonyl (C=O) groups is 2. The first-order valence-electron chi connectivity index (χ1n) is 14.5. The third-order valence-corrected chi connectivity index (χ3v) is 7.55. The van der Waals surface area contributed by atoms with Gasteiger partial charge < -0.3 is 34.1 Å². The van der Waals surface area contributed by atoms with Crippen LogP contribution >= 0.6 is 0 Å². The second-order valence-corrected chi connectivity index (χ2v) is 10.5. The minimum absolute atomic E-state index is 0.00162. The molecule has 2 heterocycles. The molecule has 0 aromatic heterocycles. The minimum Gasteiger partial charge on any atom is -0.496 e. The Balaban J connectivity index is 1.11. The molecule has 2 aliphatic rings. The van der Waals surface area contributed by atoms with Crippen molar-refractivity contribution in [3.63, 3.8) is 0 Å². The predicted octanol–water partition coefficient (Wildman–Crippen LogP) is 4.36. The maximum atomic E-state index is 12.9. The van der Waals surface area contributed by atoms with E-state index in [1.165, 1.54) is 0 Å². The van der Waals surface area contributed by atoms with E-state index in [2.05, 4.69) is 5.32 Å². The summed E-state index contributed by atoms with van der Waals surface area (Å²) in [5, 5.41) is 3.20. The largest absolute Gasteiger partial charge is 0.496 e. The number of hydrogen-bond acceptors (Lipinski definition) is 7. The Kier molecular flexibility index (Phi) is 9.94.